The smallest absolute Gasteiger partial charge is 0.259 e. The summed E-state index contributed by atoms with van der Waals surface area (Å²) in [5.41, 5.74) is 13.0. The maximum atomic E-state index is 15.8. The zero-order valence-corrected chi connectivity index (χ0v) is 20.1. The molecular weight excluding hydrogens is 473 g/mol. The van der Waals surface area contributed by atoms with E-state index in [9.17, 15) is 9.59 Å². The van der Waals surface area contributed by atoms with Gasteiger partial charge in [0, 0.05) is 49.8 Å². The Morgan fingerprint density at radius 1 is 0.973 bits per heavy atom. The van der Waals surface area contributed by atoms with Crippen LogP contribution in [0.2, 0.25) is 0 Å². The second kappa shape index (κ2) is 8.03. The van der Waals surface area contributed by atoms with Crippen molar-refractivity contribution >= 4 is 33.3 Å². The number of hydrogen-bond donors (Lipinski definition) is 2. The van der Waals surface area contributed by atoms with Crippen LogP contribution in [0, 0.1) is 5.82 Å². The number of rotatable bonds is 2. The molecule has 3 aliphatic heterocycles. The third-order valence-electron chi connectivity index (χ3n) is 7.78. The van der Waals surface area contributed by atoms with Crippen molar-refractivity contribution in [2.45, 2.75) is 24.9 Å². The Hall–Kier alpha value is -3.95. The van der Waals surface area contributed by atoms with Gasteiger partial charge in [0.05, 0.1) is 11.1 Å². The van der Waals surface area contributed by atoms with Crippen LogP contribution in [0.1, 0.15) is 23.2 Å². The van der Waals surface area contributed by atoms with E-state index < -0.39 is 17.2 Å². The highest BCUT2D eigenvalue weighted by Crippen LogP contribution is 2.49. The summed E-state index contributed by atoms with van der Waals surface area (Å²) in [5, 5.41) is 1.92. The molecule has 2 fully saturated rings. The third-order valence-corrected chi connectivity index (χ3v) is 7.78. The van der Waals surface area contributed by atoms with Gasteiger partial charge in [-0.05, 0) is 30.4 Å². The van der Waals surface area contributed by atoms with Gasteiger partial charge in [0.15, 0.2) is 17.3 Å². The van der Waals surface area contributed by atoms with Gasteiger partial charge in [0.1, 0.15) is 16.8 Å². The number of hydrogen-bond acceptors (Lipinski definition) is 6. The minimum Gasteiger partial charge on any atom is -0.450 e. The lowest BCUT2D eigenvalue weighted by Crippen LogP contribution is -2.35. The topological polar surface area (TPSA) is 107 Å². The van der Waals surface area contributed by atoms with Crippen molar-refractivity contribution in [3.05, 3.63) is 70.3 Å². The van der Waals surface area contributed by atoms with E-state index in [-0.39, 0.29) is 34.5 Å². The number of halogens is 1. The fourth-order valence-electron chi connectivity index (χ4n) is 5.91. The van der Waals surface area contributed by atoms with Crippen molar-refractivity contribution in [2.75, 3.05) is 31.1 Å². The molecule has 0 saturated carbocycles. The molecule has 0 aliphatic carbocycles. The third kappa shape index (κ3) is 3.27. The van der Waals surface area contributed by atoms with Gasteiger partial charge >= 0.3 is 0 Å². The summed E-state index contributed by atoms with van der Waals surface area (Å²) in [5.74, 6) is -0.148. The maximum absolute atomic E-state index is 15.8. The van der Waals surface area contributed by atoms with E-state index in [1.165, 1.54) is 6.07 Å². The Balaban J connectivity index is 1.54. The van der Waals surface area contributed by atoms with E-state index in [0.29, 0.717) is 49.6 Å². The maximum Gasteiger partial charge on any atom is 0.259 e. The number of pyridine rings is 1. The molecule has 37 heavy (non-hydrogen) atoms. The Labute approximate surface area is 211 Å². The average Bonchev–Trinajstić information content (AvgIpc) is 3.53. The number of fused-ring (bicyclic) bond motifs is 4. The number of nitrogens with two attached hydrogens (primary N) is 2. The molecule has 2 saturated heterocycles. The van der Waals surface area contributed by atoms with Crippen LogP contribution < -0.4 is 26.5 Å². The fraction of sp³-hybridized carbons (Fsp3) is 0.286. The van der Waals surface area contributed by atoms with Crippen LogP contribution in [0.15, 0.2) is 53.5 Å². The average molecular weight is 500 g/mol. The molecule has 1 unspecified atom stereocenters. The van der Waals surface area contributed by atoms with Crippen LogP contribution in [0.25, 0.3) is 27.4 Å². The molecule has 3 aromatic carbocycles. The number of benzene rings is 3. The summed E-state index contributed by atoms with van der Waals surface area (Å²) in [4.78, 5) is 30.6. The number of likely N-dealkylation sites (tertiary alicyclic amines) is 1. The van der Waals surface area contributed by atoms with E-state index in [1.54, 1.807) is 15.7 Å². The van der Waals surface area contributed by atoms with Crippen molar-refractivity contribution in [1.29, 1.82) is 0 Å². The van der Waals surface area contributed by atoms with Crippen molar-refractivity contribution in [1.82, 2.24) is 9.47 Å². The summed E-state index contributed by atoms with van der Waals surface area (Å²) in [6, 6.07) is 12.7. The first-order chi connectivity index (χ1) is 17.9. The number of ether oxygens (including phenoxy) is 1. The summed E-state index contributed by atoms with van der Waals surface area (Å²) in [6.45, 7) is 1.93. The second-order valence-electron chi connectivity index (χ2n) is 10.2. The standard InChI is InChI=1S/C28H26FN5O3/c29-21-11-19-23-27(24(21)32-9-7-16(30)12-32)37-26-18-4-2-1-3-15(18)5-6-22(26)34(23)14-20(25(19)35)28(36)33-10-8-17(31)13-33/h1-6,11,14,16-17H,7-10,12-13,30-31H2/t16-,17?/m1/s1. The highest BCUT2D eigenvalue weighted by molar-refractivity contribution is 6.03. The highest BCUT2D eigenvalue weighted by Gasteiger charge is 2.34. The summed E-state index contributed by atoms with van der Waals surface area (Å²) < 4.78 is 24.1. The summed E-state index contributed by atoms with van der Waals surface area (Å²) in [6.07, 6.45) is 2.98. The van der Waals surface area contributed by atoms with Gasteiger partial charge in [-0.15, -0.1) is 0 Å². The van der Waals surface area contributed by atoms with E-state index in [2.05, 4.69) is 0 Å². The van der Waals surface area contributed by atoms with Crippen molar-refractivity contribution in [2.24, 2.45) is 11.5 Å². The first-order valence-corrected chi connectivity index (χ1v) is 12.6. The minimum atomic E-state index is -0.572. The number of carbonyl (C=O) groups is 1. The molecule has 188 valence electrons. The molecule has 7 rings (SSSR count). The van der Waals surface area contributed by atoms with Crippen LogP contribution >= 0.6 is 0 Å². The largest absolute Gasteiger partial charge is 0.450 e. The van der Waals surface area contributed by atoms with Crippen molar-refractivity contribution in [3.8, 4) is 17.2 Å². The van der Waals surface area contributed by atoms with Gasteiger partial charge in [-0.2, -0.15) is 0 Å². The Morgan fingerprint density at radius 3 is 2.51 bits per heavy atom. The lowest BCUT2D eigenvalue weighted by Gasteiger charge is -2.30. The monoisotopic (exact) mass is 499 g/mol. The molecular formula is C28H26FN5O3. The van der Waals surface area contributed by atoms with Crippen LogP contribution in [0.5, 0.6) is 11.5 Å². The van der Waals surface area contributed by atoms with Crippen molar-refractivity contribution in [3.63, 3.8) is 0 Å². The van der Waals surface area contributed by atoms with E-state index in [1.807, 2.05) is 41.3 Å². The molecule has 0 radical (unpaired) electrons. The highest BCUT2D eigenvalue weighted by atomic mass is 19.1. The van der Waals surface area contributed by atoms with Crippen molar-refractivity contribution < 1.29 is 13.9 Å². The quantitative estimate of drug-likeness (QED) is 0.387. The van der Waals surface area contributed by atoms with Gasteiger partial charge in [-0.25, -0.2) is 4.39 Å². The number of aromatic nitrogens is 1. The van der Waals surface area contributed by atoms with Gasteiger partial charge in [-0.3, -0.25) is 9.59 Å². The SMILES string of the molecule is NC1CCN(C(=O)c2cn3c4c(c(N5CC[C@@H](N)C5)c(F)cc4c2=O)Oc2c-3ccc3ccccc23)C1. The molecule has 1 amide bonds. The number of amides is 1. The minimum absolute atomic E-state index is 0.0103. The van der Waals surface area contributed by atoms with Gasteiger partial charge in [-0.1, -0.05) is 30.3 Å². The molecule has 8 nitrogen and oxygen atoms in total. The zero-order valence-electron chi connectivity index (χ0n) is 20.1. The summed E-state index contributed by atoms with van der Waals surface area (Å²) in [7, 11) is 0. The molecule has 4 N–H and O–H groups in total. The molecule has 4 aromatic rings. The lowest BCUT2D eigenvalue weighted by atomic mass is 10.0. The van der Waals surface area contributed by atoms with Gasteiger partial charge in [0.25, 0.3) is 5.91 Å². The molecule has 1 aromatic heterocycles. The number of nitrogens with zero attached hydrogens (tertiary/aromatic N) is 3. The summed E-state index contributed by atoms with van der Waals surface area (Å²) >= 11 is 0. The first-order valence-electron chi connectivity index (χ1n) is 12.6. The Morgan fingerprint density at radius 2 is 1.76 bits per heavy atom. The molecule has 0 spiro atoms. The van der Waals surface area contributed by atoms with Gasteiger partial charge in [0.2, 0.25) is 5.43 Å². The molecule has 9 heteroatoms. The predicted octanol–water partition coefficient (Wildman–Crippen LogP) is 3.10. The number of carbonyl (C=O) groups excluding carboxylic acids is 1. The van der Waals surface area contributed by atoms with Crippen LogP contribution in [-0.2, 0) is 0 Å². The van der Waals surface area contributed by atoms with E-state index >= 15 is 4.39 Å². The lowest BCUT2D eigenvalue weighted by molar-refractivity contribution is 0.0789. The molecule has 2 atom stereocenters. The zero-order chi connectivity index (χ0) is 25.4. The van der Waals surface area contributed by atoms with E-state index in [4.69, 9.17) is 16.2 Å². The van der Waals surface area contributed by atoms with Gasteiger partial charge < -0.3 is 30.6 Å². The normalized spacial score (nSPS) is 20.5. The van der Waals surface area contributed by atoms with Crippen LogP contribution in [0.3, 0.4) is 0 Å². The fourth-order valence-corrected chi connectivity index (χ4v) is 5.91. The Kier molecular flexibility index (Phi) is 4.83. The van der Waals surface area contributed by atoms with Crippen LogP contribution in [0.4, 0.5) is 10.1 Å². The van der Waals surface area contributed by atoms with E-state index in [0.717, 1.165) is 17.2 Å². The first kappa shape index (κ1) is 22.3. The molecule has 3 aliphatic rings. The molecule has 4 heterocycles. The van der Waals surface area contributed by atoms with Crippen LogP contribution in [-0.4, -0.2) is 53.6 Å². The predicted molar refractivity (Wildman–Crippen MR) is 140 cm³/mol. The second-order valence-corrected chi connectivity index (χ2v) is 10.2. The molecule has 0 bridgehead atoms. The Bertz CT molecular complexity index is 1680. The number of anilines is 1.